The van der Waals surface area contributed by atoms with Crippen molar-refractivity contribution in [3.63, 3.8) is 0 Å². The monoisotopic (exact) mass is 510 g/mol. The number of amides is 1. The van der Waals surface area contributed by atoms with Crippen LogP contribution in [0, 0.1) is 0 Å². The Labute approximate surface area is 213 Å². The summed E-state index contributed by atoms with van der Waals surface area (Å²) in [6, 6.07) is 18.3. The van der Waals surface area contributed by atoms with Gasteiger partial charge >= 0.3 is 6.09 Å². The molecule has 1 heterocycles. The molecule has 0 aliphatic heterocycles. The second-order valence-corrected chi connectivity index (χ2v) is 9.70. The summed E-state index contributed by atoms with van der Waals surface area (Å²) in [5, 5.41) is 4.32. The van der Waals surface area contributed by atoms with Crippen LogP contribution in [0.4, 0.5) is 15.6 Å². The SMILES string of the molecule is COc1ccc(-c2ccc(OC(=O)Nc3ccc4nc(N(C)CCN(C)C)sc4c3)cc2)c(Cl)c1. The second-order valence-electron chi connectivity index (χ2n) is 8.29. The number of nitrogens with zero attached hydrogens (tertiary/aromatic N) is 3. The van der Waals surface area contributed by atoms with Crippen LogP contribution in [0.15, 0.2) is 60.7 Å². The van der Waals surface area contributed by atoms with Gasteiger partial charge in [0.25, 0.3) is 0 Å². The Bertz CT molecular complexity index is 1320. The number of carbonyl (C=O) groups excluding carboxylic acids is 1. The van der Waals surface area contributed by atoms with Crippen molar-refractivity contribution in [3.8, 4) is 22.6 Å². The van der Waals surface area contributed by atoms with E-state index in [1.54, 1.807) is 36.6 Å². The van der Waals surface area contributed by atoms with Crippen molar-refractivity contribution in [2.75, 3.05) is 51.6 Å². The van der Waals surface area contributed by atoms with Gasteiger partial charge in [0.15, 0.2) is 5.13 Å². The molecule has 1 N–H and O–H groups in total. The van der Waals surface area contributed by atoms with Gasteiger partial charge in [-0.15, -0.1) is 0 Å². The number of methoxy groups -OCH3 is 1. The molecular weight excluding hydrogens is 484 g/mol. The third-order valence-corrected chi connectivity index (χ3v) is 6.83. The maximum atomic E-state index is 12.5. The van der Waals surface area contributed by atoms with Gasteiger partial charge in [-0.2, -0.15) is 0 Å². The molecule has 0 saturated heterocycles. The standard InChI is InChI=1S/C26H27ClN4O3S/c1-30(2)13-14-31(3)25-29-23-12-7-18(15-24(23)35-25)28-26(32)34-19-8-5-17(6-9-19)21-11-10-20(33-4)16-22(21)27/h5-12,15-16H,13-14H2,1-4H3,(H,28,32). The molecule has 0 aliphatic rings. The van der Waals surface area contributed by atoms with Gasteiger partial charge in [-0.05, 0) is 68.2 Å². The number of fused-ring (bicyclic) bond motifs is 1. The first-order chi connectivity index (χ1) is 16.8. The first kappa shape index (κ1) is 24.8. The predicted molar refractivity (Wildman–Crippen MR) is 145 cm³/mol. The van der Waals surface area contributed by atoms with Gasteiger partial charge in [-0.25, -0.2) is 9.78 Å². The van der Waals surface area contributed by atoms with E-state index in [9.17, 15) is 4.79 Å². The maximum absolute atomic E-state index is 12.5. The minimum atomic E-state index is -0.563. The van der Waals surface area contributed by atoms with Crippen LogP contribution >= 0.6 is 22.9 Å². The molecular formula is C26H27ClN4O3S. The molecule has 0 atom stereocenters. The van der Waals surface area contributed by atoms with E-state index in [2.05, 4.69) is 15.1 Å². The lowest BCUT2D eigenvalue weighted by molar-refractivity contribution is 0.215. The highest BCUT2D eigenvalue weighted by atomic mass is 35.5. The van der Waals surface area contributed by atoms with Crippen LogP contribution in [0.3, 0.4) is 0 Å². The number of anilines is 2. The minimum absolute atomic E-state index is 0.430. The fourth-order valence-electron chi connectivity index (χ4n) is 3.41. The number of hydrogen-bond acceptors (Lipinski definition) is 7. The van der Waals surface area contributed by atoms with Crippen LogP contribution in [-0.2, 0) is 0 Å². The summed E-state index contributed by atoms with van der Waals surface area (Å²) in [6.07, 6.45) is -0.563. The normalized spacial score (nSPS) is 11.0. The van der Waals surface area contributed by atoms with E-state index in [0.717, 1.165) is 39.6 Å². The van der Waals surface area contributed by atoms with Gasteiger partial charge in [0.2, 0.25) is 0 Å². The average Bonchev–Trinajstić information content (AvgIpc) is 3.26. The van der Waals surface area contributed by atoms with E-state index in [1.807, 2.05) is 63.6 Å². The predicted octanol–water partition coefficient (Wildman–Crippen LogP) is 6.23. The number of thiazole rings is 1. The first-order valence-electron chi connectivity index (χ1n) is 11.0. The fraction of sp³-hybridized carbons (Fsp3) is 0.231. The van der Waals surface area contributed by atoms with Crippen molar-refractivity contribution >= 4 is 50.1 Å². The second kappa shape index (κ2) is 10.9. The van der Waals surface area contributed by atoms with Crippen molar-refractivity contribution in [2.24, 2.45) is 0 Å². The molecule has 9 heteroatoms. The van der Waals surface area contributed by atoms with Gasteiger partial charge < -0.3 is 19.3 Å². The zero-order valence-corrected chi connectivity index (χ0v) is 21.6. The Kier molecular flexibility index (Phi) is 7.75. The molecule has 35 heavy (non-hydrogen) atoms. The molecule has 0 aliphatic carbocycles. The van der Waals surface area contributed by atoms with Crippen molar-refractivity contribution in [3.05, 3.63) is 65.7 Å². The molecule has 182 valence electrons. The van der Waals surface area contributed by atoms with Crippen molar-refractivity contribution in [1.82, 2.24) is 9.88 Å². The molecule has 0 spiro atoms. The quantitative estimate of drug-likeness (QED) is 0.303. The molecule has 0 saturated carbocycles. The molecule has 0 radical (unpaired) electrons. The average molecular weight is 511 g/mol. The van der Waals surface area contributed by atoms with Gasteiger partial charge in [0.1, 0.15) is 11.5 Å². The van der Waals surface area contributed by atoms with Gasteiger partial charge in [0.05, 0.1) is 22.3 Å². The zero-order chi connectivity index (χ0) is 24.9. The van der Waals surface area contributed by atoms with E-state index in [1.165, 1.54) is 0 Å². The highest BCUT2D eigenvalue weighted by Gasteiger charge is 2.12. The summed E-state index contributed by atoms with van der Waals surface area (Å²) in [7, 11) is 7.73. The number of nitrogens with one attached hydrogen (secondary N) is 1. The molecule has 0 unspecified atom stereocenters. The Balaban J connectivity index is 1.39. The van der Waals surface area contributed by atoms with Crippen LogP contribution in [0.1, 0.15) is 0 Å². The van der Waals surface area contributed by atoms with Crippen LogP contribution in [0.25, 0.3) is 21.3 Å². The molecule has 4 rings (SSSR count). The molecule has 7 nitrogen and oxygen atoms in total. The summed E-state index contributed by atoms with van der Waals surface area (Å²) < 4.78 is 11.6. The van der Waals surface area contributed by atoms with Gasteiger partial charge in [0, 0.05) is 31.4 Å². The van der Waals surface area contributed by atoms with Crippen LogP contribution in [0.5, 0.6) is 11.5 Å². The highest BCUT2D eigenvalue weighted by molar-refractivity contribution is 7.22. The van der Waals surface area contributed by atoms with Crippen molar-refractivity contribution in [2.45, 2.75) is 0 Å². The third-order valence-electron chi connectivity index (χ3n) is 5.38. The summed E-state index contributed by atoms with van der Waals surface area (Å²) in [5.41, 5.74) is 3.32. The lowest BCUT2D eigenvalue weighted by Crippen LogP contribution is -2.28. The number of carbonyl (C=O) groups is 1. The largest absolute Gasteiger partial charge is 0.497 e. The molecule has 3 aromatic carbocycles. The number of rotatable bonds is 8. The molecule has 1 aromatic heterocycles. The van der Waals surface area contributed by atoms with E-state index in [0.29, 0.717) is 22.2 Å². The maximum Gasteiger partial charge on any atom is 0.417 e. The summed E-state index contributed by atoms with van der Waals surface area (Å²) >= 11 is 7.95. The Hall–Kier alpha value is -3.33. The zero-order valence-electron chi connectivity index (χ0n) is 20.0. The van der Waals surface area contributed by atoms with Crippen LogP contribution in [0.2, 0.25) is 5.02 Å². The number of ether oxygens (including phenoxy) is 2. The smallest absolute Gasteiger partial charge is 0.417 e. The fourth-order valence-corrected chi connectivity index (χ4v) is 4.68. The van der Waals surface area contributed by atoms with Crippen LogP contribution < -0.4 is 19.7 Å². The highest BCUT2D eigenvalue weighted by Crippen LogP contribution is 2.33. The van der Waals surface area contributed by atoms with Crippen LogP contribution in [-0.4, -0.2) is 57.3 Å². The number of hydrogen-bond donors (Lipinski definition) is 1. The summed E-state index contributed by atoms with van der Waals surface area (Å²) in [6.45, 7) is 1.83. The van der Waals surface area contributed by atoms with Crippen molar-refractivity contribution in [1.29, 1.82) is 0 Å². The number of benzene rings is 3. The van der Waals surface area contributed by atoms with Gasteiger partial charge in [-0.3, -0.25) is 5.32 Å². The summed E-state index contributed by atoms with van der Waals surface area (Å²) in [4.78, 5) is 21.4. The lowest BCUT2D eigenvalue weighted by Gasteiger charge is -2.18. The number of halogens is 1. The van der Waals surface area contributed by atoms with E-state index >= 15 is 0 Å². The van der Waals surface area contributed by atoms with Crippen molar-refractivity contribution < 1.29 is 14.3 Å². The molecule has 0 bridgehead atoms. The lowest BCUT2D eigenvalue weighted by atomic mass is 10.1. The molecule has 1 amide bonds. The molecule has 0 fully saturated rings. The topological polar surface area (TPSA) is 66.9 Å². The van der Waals surface area contributed by atoms with E-state index in [4.69, 9.17) is 26.1 Å². The van der Waals surface area contributed by atoms with Gasteiger partial charge in [-0.1, -0.05) is 35.1 Å². The minimum Gasteiger partial charge on any atom is -0.497 e. The van der Waals surface area contributed by atoms with E-state index in [-0.39, 0.29) is 0 Å². The Morgan fingerprint density at radius 2 is 1.74 bits per heavy atom. The Morgan fingerprint density at radius 1 is 1.00 bits per heavy atom. The Morgan fingerprint density at radius 3 is 2.43 bits per heavy atom. The first-order valence-corrected chi connectivity index (χ1v) is 12.2. The summed E-state index contributed by atoms with van der Waals surface area (Å²) in [5.74, 6) is 1.12. The number of aromatic nitrogens is 1. The van der Waals surface area contributed by atoms with E-state index < -0.39 is 6.09 Å². The third kappa shape index (κ3) is 6.22. The molecule has 4 aromatic rings. The number of likely N-dealkylation sites (N-methyl/N-ethyl adjacent to an activating group) is 2.